The Hall–Kier alpha value is -0.970. The van der Waals surface area contributed by atoms with Gasteiger partial charge in [-0.3, -0.25) is 9.88 Å². The summed E-state index contributed by atoms with van der Waals surface area (Å²) >= 11 is 0. The quantitative estimate of drug-likeness (QED) is 0.780. The van der Waals surface area contributed by atoms with Gasteiger partial charge in [-0.25, -0.2) is 0 Å². The lowest BCUT2D eigenvalue weighted by Crippen LogP contribution is -2.41. The smallest absolute Gasteiger partial charge is 0.0594 e. The third-order valence-electron chi connectivity index (χ3n) is 2.80. The van der Waals surface area contributed by atoms with Crippen LogP contribution in [0.4, 0.5) is 0 Å². The van der Waals surface area contributed by atoms with Crippen LogP contribution in [0.5, 0.6) is 0 Å². The van der Waals surface area contributed by atoms with Gasteiger partial charge in [0, 0.05) is 38.1 Å². The fourth-order valence-corrected chi connectivity index (χ4v) is 1.97. The molecule has 0 radical (unpaired) electrons. The van der Waals surface area contributed by atoms with E-state index in [2.05, 4.69) is 9.88 Å². The zero-order valence-electron chi connectivity index (χ0n) is 8.80. The number of ether oxygens (including phenoxy) is 1. The largest absolute Gasteiger partial charge is 0.379 e. The molecular formula is C11H17N3O. The highest BCUT2D eigenvalue weighted by Gasteiger charge is 2.20. The number of hydrogen-bond acceptors (Lipinski definition) is 4. The molecule has 82 valence electrons. The molecule has 4 heteroatoms. The summed E-state index contributed by atoms with van der Waals surface area (Å²) in [6.07, 6.45) is 3.64. The van der Waals surface area contributed by atoms with E-state index in [-0.39, 0.29) is 0 Å². The molecule has 2 N–H and O–H groups in total. The normalized spacial score (nSPS) is 20.1. The Labute approximate surface area is 90.0 Å². The molecule has 2 heterocycles. The second-order valence-electron chi connectivity index (χ2n) is 3.68. The van der Waals surface area contributed by atoms with Crippen molar-refractivity contribution in [2.24, 2.45) is 5.73 Å². The van der Waals surface area contributed by atoms with E-state index in [1.807, 2.05) is 24.5 Å². The summed E-state index contributed by atoms with van der Waals surface area (Å²) in [6, 6.07) is 4.37. The van der Waals surface area contributed by atoms with Crippen LogP contribution in [0.25, 0.3) is 0 Å². The van der Waals surface area contributed by atoms with Gasteiger partial charge in [0.05, 0.1) is 13.2 Å². The Morgan fingerprint density at radius 2 is 2.00 bits per heavy atom. The highest BCUT2D eigenvalue weighted by Crippen LogP contribution is 2.19. The van der Waals surface area contributed by atoms with E-state index in [1.54, 1.807) is 0 Å². The highest BCUT2D eigenvalue weighted by molar-refractivity contribution is 5.15. The van der Waals surface area contributed by atoms with Crippen LogP contribution in [0.2, 0.25) is 0 Å². The van der Waals surface area contributed by atoms with Gasteiger partial charge in [-0.15, -0.1) is 0 Å². The fourth-order valence-electron chi connectivity index (χ4n) is 1.97. The lowest BCUT2D eigenvalue weighted by molar-refractivity contribution is 0.0179. The van der Waals surface area contributed by atoms with E-state index in [4.69, 9.17) is 10.5 Å². The van der Waals surface area contributed by atoms with Crippen molar-refractivity contribution in [1.29, 1.82) is 0 Å². The van der Waals surface area contributed by atoms with Gasteiger partial charge in [-0.2, -0.15) is 0 Å². The summed E-state index contributed by atoms with van der Waals surface area (Å²) in [5.41, 5.74) is 7.08. The second kappa shape index (κ2) is 5.21. The number of rotatable bonds is 3. The zero-order chi connectivity index (χ0) is 10.5. The average molecular weight is 207 g/mol. The molecule has 0 saturated carbocycles. The van der Waals surface area contributed by atoms with E-state index in [0.717, 1.165) is 26.3 Å². The minimum Gasteiger partial charge on any atom is -0.379 e. The van der Waals surface area contributed by atoms with Crippen LogP contribution in [-0.4, -0.2) is 42.7 Å². The minimum absolute atomic E-state index is 0.303. The van der Waals surface area contributed by atoms with E-state index < -0.39 is 0 Å². The average Bonchev–Trinajstić information content (AvgIpc) is 2.33. The molecule has 0 aromatic carbocycles. The van der Waals surface area contributed by atoms with Gasteiger partial charge in [-0.05, 0) is 17.7 Å². The Morgan fingerprint density at radius 3 is 2.60 bits per heavy atom. The second-order valence-corrected chi connectivity index (χ2v) is 3.68. The third kappa shape index (κ3) is 2.53. The molecule has 1 atom stereocenters. The lowest BCUT2D eigenvalue weighted by atomic mass is 10.1. The maximum absolute atomic E-state index is 5.83. The maximum Gasteiger partial charge on any atom is 0.0594 e. The molecule has 1 fully saturated rings. The SMILES string of the molecule is NC[C@H](c1ccncc1)N1CCOCC1. The number of nitrogens with two attached hydrogens (primary N) is 1. The standard InChI is InChI=1S/C11H17N3O/c12-9-11(10-1-3-13-4-2-10)14-5-7-15-8-6-14/h1-4,11H,5-9,12H2/t11-/m1/s1. The Balaban J connectivity index is 2.09. The summed E-state index contributed by atoms with van der Waals surface area (Å²) in [7, 11) is 0. The number of morpholine rings is 1. The van der Waals surface area contributed by atoms with Gasteiger partial charge in [0.1, 0.15) is 0 Å². The van der Waals surface area contributed by atoms with Crippen molar-refractivity contribution in [3.8, 4) is 0 Å². The summed E-state index contributed by atoms with van der Waals surface area (Å²) in [5.74, 6) is 0. The van der Waals surface area contributed by atoms with Crippen LogP contribution < -0.4 is 5.73 Å². The molecule has 1 aliphatic rings. The van der Waals surface area contributed by atoms with Crippen LogP contribution in [0.1, 0.15) is 11.6 Å². The van der Waals surface area contributed by atoms with Crippen LogP contribution in [0.15, 0.2) is 24.5 Å². The fraction of sp³-hybridized carbons (Fsp3) is 0.545. The summed E-state index contributed by atoms with van der Waals surface area (Å²) < 4.78 is 5.34. The highest BCUT2D eigenvalue weighted by atomic mass is 16.5. The molecular weight excluding hydrogens is 190 g/mol. The summed E-state index contributed by atoms with van der Waals surface area (Å²) in [5, 5.41) is 0. The van der Waals surface area contributed by atoms with Crippen LogP contribution in [-0.2, 0) is 4.74 Å². The van der Waals surface area contributed by atoms with Gasteiger partial charge in [-0.1, -0.05) is 0 Å². The molecule has 0 unspecified atom stereocenters. The first-order valence-corrected chi connectivity index (χ1v) is 5.33. The Kier molecular flexibility index (Phi) is 3.66. The number of aromatic nitrogens is 1. The van der Waals surface area contributed by atoms with Crippen LogP contribution in [0, 0.1) is 0 Å². The molecule has 0 spiro atoms. The monoisotopic (exact) mass is 207 g/mol. The topological polar surface area (TPSA) is 51.4 Å². The van der Waals surface area contributed by atoms with Crippen LogP contribution >= 0.6 is 0 Å². The van der Waals surface area contributed by atoms with Crippen molar-refractivity contribution in [2.45, 2.75) is 6.04 Å². The van der Waals surface area contributed by atoms with Gasteiger partial charge in [0.15, 0.2) is 0 Å². The first-order valence-electron chi connectivity index (χ1n) is 5.33. The molecule has 0 amide bonds. The van der Waals surface area contributed by atoms with Gasteiger partial charge < -0.3 is 10.5 Å². The molecule has 0 bridgehead atoms. The van der Waals surface area contributed by atoms with Crippen molar-refractivity contribution < 1.29 is 4.74 Å². The molecule has 1 aliphatic heterocycles. The molecule has 15 heavy (non-hydrogen) atoms. The predicted molar refractivity (Wildman–Crippen MR) is 58.4 cm³/mol. The first-order chi connectivity index (χ1) is 7.42. The predicted octanol–water partition coefficient (Wildman–Crippen LogP) is 0.414. The summed E-state index contributed by atoms with van der Waals surface area (Å²) in [6.45, 7) is 4.18. The first kappa shape index (κ1) is 10.5. The number of hydrogen-bond donors (Lipinski definition) is 1. The lowest BCUT2D eigenvalue weighted by Gasteiger charge is -2.33. The Bertz CT molecular complexity index is 285. The van der Waals surface area contributed by atoms with Crippen molar-refractivity contribution in [3.05, 3.63) is 30.1 Å². The third-order valence-corrected chi connectivity index (χ3v) is 2.80. The molecule has 1 aromatic heterocycles. The minimum atomic E-state index is 0.303. The molecule has 1 aromatic rings. The molecule has 4 nitrogen and oxygen atoms in total. The number of pyridine rings is 1. The van der Waals surface area contributed by atoms with Crippen molar-refractivity contribution in [1.82, 2.24) is 9.88 Å². The van der Waals surface area contributed by atoms with Crippen LogP contribution in [0.3, 0.4) is 0 Å². The number of nitrogens with zero attached hydrogens (tertiary/aromatic N) is 2. The Morgan fingerprint density at radius 1 is 1.33 bits per heavy atom. The van der Waals surface area contributed by atoms with Gasteiger partial charge >= 0.3 is 0 Å². The molecule has 2 rings (SSSR count). The van der Waals surface area contributed by atoms with E-state index in [0.29, 0.717) is 12.6 Å². The molecule has 0 aliphatic carbocycles. The van der Waals surface area contributed by atoms with Gasteiger partial charge in [0.2, 0.25) is 0 Å². The van der Waals surface area contributed by atoms with Crippen molar-refractivity contribution in [3.63, 3.8) is 0 Å². The maximum atomic E-state index is 5.83. The van der Waals surface area contributed by atoms with E-state index in [9.17, 15) is 0 Å². The van der Waals surface area contributed by atoms with E-state index >= 15 is 0 Å². The zero-order valence-corrected chi connectivity index (χ0v) is 8.80. The van der Waals surface area contributed by atoms with Gasteiger partial charge in [0.25, 0.3) is 0 Å². The van der Waals surface area contributed by atoms with E-state index in [1.165, 1.54) is 5.56 Å². The molecule has 1 saturated heterocycles. The van der Waals surface area contributed by atoms with Crippen molar-refractivity contribution >= 4 is 0 Å². The van der Waals surface area contributed by atoms with Crippen molar-refractivity contribution in [2.75, 3.05) is 32.8 Å². The summed E-state index contributed by atoms with van der Waals surface area (Å²) in [4.78, 5) is 6.40.